The Morgan fingerprint density at radius 3 is 2.33 bits per heavy atom. The molecule has 0 aliphatic rings. The number of ether oxygens (including phenoxy) is 1. The molecule has 0 aromatic rings. The van der Waals surface area contributed by atoms with Crippen molar-refractivity contribution in [2.75, 3.05) is 19.5 Å². The fourth-order valence-electron chi connectivity index (χ4n) is 0.241. The molecular formula is C4H7F3OS. The van der Waals surface area contributed by atoms with Gasteiger partial charge < -0.3 is 4.74 Å². The van der Waals surface area contributed by atoms with Crippen molar-refractivity contribution < 1.29 is 17.9 Å². The van der Waals surface area contributed by atoms with Gasteiger partial charge in [0.1, 0.15) is 0 Å². The molecule has 0 saturated carbocycles. The van der Waals surface area contributed by atoms with Crippen LogP contribution in [-0.2, 0) is 4.74 Å². The van der Waals surface area contributed by atoms with E-state index in [4.69, 9.17) is 0 Å². The van der Waals surface area contributed by atoms with E-state index in [9.17, 15) is 13.2 Å². The van der Waals surface area contributed by atoms with E-state index in [1.54, 1.807) is 0 Å². The van der Waals surface area contributed by atoms with Crippen molar-refractivity contribution in [3.8, 4) is 0 Å². The van der Waals surface area contributed by atoms with Gasteiger partial charge in [0.2, 0.25) is 0 Å². The Labute approximate surface area is 55.6 Å². The van der Waals surface area contributed by atoms with Crippen LogP contribution in [0.4, 0.5) is 13.2 Å². The van der Waals surface area contributed by atoms with Crippen LogP contribution in [0.2, 0.25) is 0 Å². The van der Waals surface area contributed by atoms with Gasteiger partial charge >= 0.3 is 5.51 Å². The molecule has 0 N–H and O–H groups in total. The Morgan fingerprint density at radius 1 is 1.44 bits per heavy atom. The van der Waals surface area contributed by atoms with Crippen molar-refractivity contribution in [1.29, 1.82) is 0 Å². The van der Waals surface area contributed by atoms with E-state index in [0.717, 1.165) is 0 Å². The van der Waals surface area contributed by atoms with E-state index in [-0.39, 0.29) is 24.1 Å². The van der Waals surface area contributed by atoms with Crippen molar-refractivity contribution in [3.05, 3.63) is 0 Å². The van der Waals surface area contributed by atoms with Gasteiger partial charge in [0.25, 0.3) is 0 Å². The van der Waals surface area contributed by atoms with Crippen molar-refractivity contribution in [3.63, 3.8) is 0 Å². The molecule has 0 amide bonds. The summed E-state index contributed by atoms with van der Waals surface area (Å²) in [6, 6.07) is 0. The highest BCUT2D eigenvalue weighted by atomic mass is 32.2. The summed E-state index contributed by atoms with van der Waals surface area (Å²) in [5.41, 5.74) is -4.11. The second-order valence-corrected chi connectivity index (χ2v) is 2.45. The van der Waals surface area contributed by atoms with Gasteiger partial charge in [-0.3, -0.25) is 0 Å². The first kappa shape index (κ1) is 9.10. The Bertz CT molecular complexity index is 72.7. The third-order valence-electron chi connectivity index (χ3n) is 0.553. The smallest absolute Gasteiger partial charge is 0.384 e. The van der Waals surface area contributed by atoms with Gasteiger partial charge in [0.05, 0.1) is 6.61 Å². The summed E-state index contributed by atoms with van der Waals surface area (Å²) in [5.74, 6) is -0.0278. The normalized spacial score (nSPS) is 12.0. The van der Waals surface area contributed by atoms with E-state index in [1.807, 2.05) is 0 Å². The summed E-state index contributed by atoms with van der Waals surface area (Å²) in [4.78, 5) is 0. The van der Waals surface area contributed by atoms with Gasteiger partial charge in [-0.15, -0.1) is 0 Å². The standard InChI is InChI=1S/C4H7F3OS/c1-8-2-3-9-4(5,6)7/h2-3H2,1H3. The molecule has 0 aromatic heterocycles. The molecule has 0 rings (SSSR count). The highest BCUT2D eigenvalue weighted by Gasteiger charge is 2.27. The lowest BCUT2D eigenvalue weighted by Crippen LogP contribution is -2.04. The van der Waals surface area contributed by atoms with Gasteiger partial charge in [0.15, 0.2) is 0 Å². The van der Waals surface area contributed by atoms with Gasteiger partial charge in [0, 0.05) is 12.9 Å². The summed E-state index contributed by atoms with van der Waals surface area (Å²) in [6.45, 7) is 0.143. The third kappa shape index (κ3) is 8.10. The number of thioether (sulfide) groups is 1. The van der Waals surface area contributed by atoms with E-state index in [2.05, 4.69) is 4.74 Å². The highest BCUT2D eigenvalue weighted by Crippen LogP contribution is 2.29. The van der Waals surface area contributed by atoms with E-state index < -0.39 is 5.51 Å². The first-order valence-electron chi connectivity index (χ1n) is 2.26. The molecular weight excluding hydrogens is 153 g/mol. The molecule has 0 bridgehead atoms. The highest BCUT2D eigenvalue weighted by molar-refractivity contribution is 8.00. The third-order valence-corrected chi connectivity index (χ3v) is 1.25. The summed E-state index contributed by atoms with van der Waals surface area (Å²) in [5, 5.41) is 0. The minimum Gasteiger partial charge on any atom is -0.384 e. The average molecular weight is 160 g/mol. The zero-order valence-corrected chi connectivity index (χ0v) is 5.68. The molecule has 0 atom stereocenters. The maximum Gasteiger partial charge on any atom is 0.441 e. The summed E-state index contributed by atoms with van der Waals surface area (Å²) in [6.07, 6.45) is 0. The van der Waals surface area contributed by atoms with E-state index >= 15 is 0 Å². The predicted molar refractivity (Wildman–Crippen MR) is 30.4 cm³/mol. The zero-order chi connectivity index (χ0) is 7.33. The molecule has 0 aliphatic carbocycles. The van der Waals surface area contributed by atoms with Crippen LogP contribution in [0.5, 0.6) is 0 Å². The minimum absolute atomic E-state index is 0.0278. The number of halogens is 3. The molecule has 0 saturated heterocycles. The molecule has 0 aromatic carbocycles. The van der Waals surface area contributed by atoms with E-state index in [0.29, 0.717) is 0 Å². The van der Waals surface area contributed by atoms with Crippen LogP contribution >= 0.6 is 11.8 Å². The van der Waals surface area contributed by atoms with Crippen molar-refractivity contribution in [2.45, 2.75) is 5.51 Å². The molecule has 0 unspecified atom stereocenters. The summed E-state index contributed by atoms with van der Waals surface area (Å²) in [7, 11) is 1.37. The van der Waals surface area contributed by atoms with Crippen LogP contribution in [0.15, 0.2) is 0 Å². The Kier molecular flexibility index (Phi) is 4.05. The second kappa shape index (κ2) is 4.00. The lowest BCUT2D eigenvalue weighted by atomic mass is 10.9. The van der Waals surface area contributed by atoms with Gasteiger partial charge in [-0.25, -0.2) is 0 Å². The SMILES string of the molecule is COCCSC(F)(F)F. The van der Waals surface area contributed by atoms with Crippen LogP contribution < -0.4 is 0 Å². The van der Waals surface area contributed by atoms with Crippen molar-refractivity contribution >= 4 is 11.8 Å². The van der Waals surface area contributed by atoms with Crippen LogP contribution in [0.25, 0.3) is 0 Å². The van der Waals surface area contributed by atoms with Gasteiger partial charge in [-0.1, -0.05) is 0 Å². The molecule has 9 heavy (non-hydrogen) atoms. The van der Waals surface area contributed by atoms with Crippen LogP contribution in [0, 0.1) is 0 Å². The number of hydrogen-bond acceptors (Lipinski definition) is 2. The van der Waals surface area contributed by atoms with Crippen molar-refractivity contribution in [1.82, 2.24) is 0 Å². The van der Waals surface area contributed by atoms with E-state index in [1.165, 1.54) is 7.11 Å². The molecule has 5 heteroatoms. The van der Waals surface area contributed by atoms with Gasteiger partial charge in [-0.05, 0) is 11.8 Å². The minimum atomic E-state index is -4.11. The second-order valence-electron chi connectivity index (χ2n) is 1.29. The summed E-state index contributed by atoms with van der Waals surface area (Å²) >= 11 is -0.0669. The maximum atomic E-state index is 11.3. The number of hydrogen-bond donors (Lipinski definition) is 0. The molecule has 1 nitrogen and oxygen atoms in total. The first-order chi connectivity index (χ1) is 4.06. The van der Waals surface area contributed by atoms with Gasteiger partial charge in [-0.2, -0.15) is 13.2 Å². The molecule has 0 aliphatic heterocycles. The Morgan fingerprint density at radius 2 is 2.00 bits per heavy atom. The summed E-state index contributed by atoms with van der Waals surface area (Å²) < 4.78 is 38.3. The average Bonchev–Trinajstić information content (AvgIpc) is 1.63. The molecule has 0 heterocycles. The van der Waals surface area contributed by atoms with Crippen molar-refractivity contribution in [2.24, 2.45) is 0 Å². The van der Waals surface area contributed by atoms with Crippen LogP contribution in [0.1, 0.15) is 0 Å². The Balaban J connectivity index is 3.07. The monoisotopic (exact) mass is 160 g/mol. The topological polar surface area (TPSA) is 9.23 Å². The Hall–Kier alpha value is 0.100. The quantitative estimate of drug-likeness (QED) is 0.583. The molecule has 0 fully saturated rings. The number of rotatable bonds is 3. The number of alkyl halides is 3. The predicted octanol–water partition coefficient (Wildman–Crippen LogP) is 1.89. The zero-order valence-electron chi connectivity index (χ0n) is 4.86. The maximum absolute atomic E-state index is 11.3. The number of methoxy groups -OCH3 is 1. The van der Waals surface area contributed by atoms with Crippen LogP contribution in [-0.4, -0.2) is 25.0 Å². The molecule has 56 valence electrons. The van der Waals surface area contributed by atoms with Crippen LogP contribution in [0.3, 0.4) is 0 Å². The largest absolute Gasteiger partial charge is 0.441 e. The fraction of sp³-hybridized carbons (Fsp3) is 1.00. The lowest BCUT2D eigenvalue weighted by molar-refractivity contribution is -0.0330. The first-order valence-corrected chi connectivity index (χ1v) is 3.24. The molecule has 0 spiro atoms. The lowest BCUT2D eigenvalue weighted by Gasteiger charge is -2.02. The molecule has 0 radical (unpaired) electrons. The fourth-order valence-corrected chi connectivity index (χ4v) is 0.722.